The lowest BCUT2D eigenvalue weighted by Gasteiger charge is -2.04. The summed E-state index contributed by atoms with van der Waals surface area (Å²) < 4.78 is 15.6. The quantitative estimate of drug-likeness (QED) is 0.859. The summed E-state index contributed by atoms with van der Waals surface area (Å²) in [4.78, 5) is 4.13. The highest BCUT2D eigenvalue weighted by atomic mass is 79.9. The van der Waals surface area contributed by atoms with Crippen molar-refractivity contribution in [2.24, 2.45) is 7.05 Å². The van der Waals surface area contributed by atoms with Crippen LogP contribution in [0.25, 0.3) is 0 Å². The molecule has 1 aromatic carbocycles. The summed E-state index contributed by atoms with van der Waals surface area (Å²) in [6.45, 7) is 1.39. The Morgan fingerprint density at radius 1 is 1.39 bits per heavy atom. The molecule has 18 heavy (non-hydrogen) atoms. The van der Waals surface area contributed by atoms with Crippen molar-refractivity contribution in [2.75, 3.05) is 6.54 Å². The molecule has 0 bridgehead atoms. The monoisotopic (exact) mass is 312 g/mol. The number of benzene rings is 1. The van der Waals surface area contributed by atoms with E-state index in [0.717, 1.165) is 28.8 Å². The fraction of sp³-hybridized carbons (Fsp3) is 0.333. The third-order valence-corrected chi connectivity index (χ3v) is 2.88. The number of aryl methyl sites for hydroxylation is 1. The van der Waals surface area contributed by atoms with Gasteiger partial charge in [-0.15, -0.1) is 0 Å². The Balaban J connectivity index is 1.78. The number of aromatic nitrogens is 3. The highest BCUT2D eigenvalue weighted by molar-refractivity contribution is 9.10. The van der Waals surface area contributed by atoms with Crippen LogP contribution in [0, 0.1) is 5.82 Å². The zero-order valence-corrected chi connectivity index (χ0v) is 11.6. The van der Waals surface area contributed by atoms with Gasteiger partial charge in [-0.25, -0.2) is 9.37 Å². The van der Waals surface area contributed by atoms with Crippen LogP contribution in [0.15, 0.2) is 29.0 Å². The molecule has 2 rings (SSSR count). The summed E-state index contributed by atoms with van der Waals surface area (Å²) in [6.07, 6.45) is 2.44. The molecule has 6 heteroatoms. The summed E-state index contributed by atoms with van der Waals surface area (Å²) in [6, 6.07) is 4.87. The van der Waals surface area contributed by atoms with E-state index in [9.17, 15) is 4.39 Å². The van der Waals surface area contributed by atoms with Crippen LogP contribution in [0.3, 0.4) is 0 Å². The molecule has 0 radical (unpaired) electrons. The molecular weight excluding hydrogens is 299 g/mol. The van der Waals surface area contributed by atoms with Crippen molar-refractivity contribution in [3.8, 4) is 0 Å². The number of nitrogens with zero attached hydrogens (tertiary/aromatic N) is 3. The van der Waals surface area contributed by atoms with Crippen LogP contribution in [0.1, 0.15) is 11.4 Å². The van der Waals surface area contributed by atoms with Gasteiger partial charge in [0, 0.05) is 31.0 Å². The molecule has 1 aromatic heterocycles. The van der Waals surface area contributed by atoms with E-state index in [0.29, 0.717) is 6.54 Å². The Hall–Kier alpha value is -1.27. The Morgan fingerprint density at radius 3 is 2.89 bits per heavy atom. The molecule has 0 aliphatic carbocycles. The standard InChI is InChI=1S/C12H14BrFN4/c1-18-8-16-12(17-18)2-3-15-7-9-4-10(13)6-11(14)5-9/h4-6,8,15H,2-3,7H2,1H3. The molecule has 0 spiro atoms. The molecule has 0 saturated carbocycles. The third-order valence-electron chi connectivity index (χ3n) is 2.42. The Bertz CT molecular complexity index is 506. The highest BCUT2D eigenvalue weighted by Gasteiger charge is 2.00. The Labute approximate surface area is 113 Å². The van der Waals surface area contributed by atoms with E-state index in [4.69, 9.17) is 0 Å². The van der Waals surface area contributed by atoms with Crippen LogP contribution < -0.4 is 5.32 Å². The molecule has 0 saturated heterocycles. The minimum atomic E-state index is -0.229. The third kappa shape index (κ3) is 3.89. The lowest BCUT2D eigenvalue weighted by atomic mass is 10.2. The molecule has 0 atom stereocenters. The van der Waals surface area contributed by atoms with Crippen LogP contribution in [0.4, 0.5) is 4.39 Å². The molecule has 0 unspecified atom stereocenters. The van der Waals surface area contributed by atoms with Gasteiger partial charge in [0.1, 0.15) is 12.1 Å². The van der Waals surface area contributed by atoms with Gasteiger partial charge in [0.25, 0.3) is 0 Å². The van der Waals surface area contributed by atoms with Gasteiger partial charge in [0.05, 0.1) is 0 Å². The first-order chi connectivity index (χ1) is 8.63. The van der Waals surface area contributed by atoms with E-state index >= 15 is 0 Å². The van der Waals surface area contributed by atoms with Gasteiger partial charge < -0.3 is 5.32 Å². The normalized spacial score (nSPS) is 10.8. The Morgan fingerprint density at radius 2 is 2.22 bits per heavy atom. The van der Waals surface area contributed by atoms with Crippen molar-refractivity contribution in [3.05, 3.63) is 46.2 Å². The van der Waals surface area contributed by atoms with Crippen LogP contribution >= 0.6 is 15.9 Å². The van der Waals surface area contributed by atoms with Crippen molar-refractivity contribution in [3.63, 3.8) is 0 Å². The SMILES string of the molecule is Cn1cnc(CCNCc2cc(F)cc(Br)c2)n1. The van der Waals surface area contributed by atoms with E-state index in [2.05, 4.69) is 31.3 Å². The summed E-state index contributed by atoms with van der Waals surface area (Å²) in [7, 11) is 1.84. The maximum atomic E-state index is 13.1. The molecule has 0 aliphatic rings. The average Bonchev–Trinajstić information content (AvgIpc) is 2.69. The van der Waals surface area contributed by atoms with E-state index < -0.39 is 0 Å². The van der Waals surface area contributed by atoms with Crippen molar-refractivity contribution >= 4 is 15.9 Å². The minimum Gasteiger partial charge on any atom is -0.312 e. The fourth-order valence-electron chi connectivity index (χ4n) is 1.64. The van der Waals surface area contributed by atoms with Gasteiger partial charge in [-0.05, 0) is 23.8 Å². The van der Waals surface area contributed by atoms with Gasteiger partial charge in [-0.1, -0.05) is 15.9 Å². The molecule has 0 aliphatic heterocycles. The van der Waals surface area contributed by atoms with E-state index in [1.54, 1.807) is 11.0 Å². The van der Waals surface area contributed by atoms with Crippen molar-refractivity contribution in [1.82, 2.24) is 20.1 Å². The predicted molar refractivity (Wildman–Crippen MR) is 70.5 cm³/mol. The van der Waals surface area contributed by atoms with Crippen LogP contribution in [0.5, 0.6) is 0 Å². The minimum absolute atomic E-state index is 0.229. The van der Waals surface area contributed by atoms with Gasteiger partial charge in [0.15, 0.2) is 5.82 Å². The number of halogens is 2. The number of rotatable bonds is 5. The van der Waals surface area contributed by atoms with Crippen molar-refractivity contribution in [1.29, 1.82) is 0 Å². The second-order valence-corrected chi connectivity index (χ2v) is 4.95. The fourth-order valence-corrected chi connectivity index (χ4v) is 2.16. The molecule has 1 heterocycles. The van der Waals surface area contributed by atoms with Gasteiger partial charge >= 0.3 is 0 Å². The van der Waals surface area contributed by atoms with Gasteiger partial charge in [0.2, 0.25) is 0 Å². The zero-order chi connectivity index (χ0) is 13.0. The molecule has 4 nitrogen and oxygen atoms in total. The van der Waals surface area contributed by atoms with Crippen LogP contribution in [-0.2, 0) is 20.0 Å². The number of nitrogens with one attached hydrogen (secondary N) is 1. The summed E-state index contributed by atoms with van der Waals surface area (Å²) in [5.41, 5.74) is 0.913. The smallest absolute Gasteiger partial charge is 0.151 e. The topological polar surface area (TPSA) is 42.7 Å². The number of hydrogen-bond acceptors (Lipinski definition) is 3. The Kier molecular flexibility index (Phi) is 4.43. The first kappa shape index (κ1) is 13.2. The summed E-state index contributed by atoms with van der Waals surface area (Å²) in [5, 5.41) is 7.42. The molecule has 2 aromatic rings. The predicted octanol–water partition coefficient (Wildman–Crippen LogP) is 2.05. The van der Waals surface area contributed by atoms with E-state index in [-0.39, 0.29) is 5.82 Å². The molecule has 96 valence electrons. The van der Waals surface area contributed by atoms with Crippen LogP contribution in [-0.4, -0.2) is 21.3 Å². The van der Waals surface area contributed by atoms with Gasteiger partial charge in [-0.3, -0.25) is 4.68 Å². The second-order valence-electron chi connectivity index (χ2n) is 4.04. The molecule has 0 amide bonds. The first-order valence-electron chi connectivity index (χ1n) is 5.64. The maximum Gasteiger partial charge on any atom is 0.151 e. The molecule has 0 fully saturated rings. The van der Waals surface area contributed by atoms with Crippen molar-refractivity contribution < 1.29 is 4.39 Å². The molecule has 1 N–H and O–H groups in total. The second kappa shape index (κ2) is 6.06. The number of hydrogen-bond donors (Lipinski definition) is 1. The maximum absolute atomic E-state index is 13.1. The highest BCUT2D eigenvalue weighted by Crippen LogP contribution is 2.14. The lowest BCUT2D eigenvalue weighted by Crippen LogP contribution is -2.17. The van der Waals surface area contributed by atoms with Crippen molar-refractivity contribution in [2.45, 2.75) is 13.0 Å². The van der Waals surface area contributed by atoms with E-state index in [1.165, 1.54) is 12.1 Å². The first-order valence-corrected chi connectivity index (χ1v) is 6.43. The van der Waals surface area contributed by atoms with E-state index in [1.807, 2.05) is 13.1 Å². The average molecular weight is 313 g/mol. The largest absolute Gasteiger partial charge is 0.312 e. The summed E-state index contributed by atoms with van der Waals surface area (Å²) >= 11 is 3.27. The van der Waals surface area contributed by atoms with Crippen LogP contribution in [0.2, 0.25) is 0 Å². The van der Waals surface area contributed by atoms with Gasteiger partial charge in [-0.2, -0.15) is 5.10 Å². The lowest BCUT2D eigenvalue weighted by molar-refractivity contribution is 0.617. The summed E-state index contributed by atoms with van der Waals surface area (Å²) in [5.74, 6) is 0.581. The molecular formula is C12H14BrFN4. The zero-order valence-electron chi connectivity index (χ0n) is 10.0.